The topological polar surface area (TPSA) is 58.4 Å². The number of aromatic nitrogens is 1. The molecule has 2 amide bonds. The maximum absolute atomic E-state index is 12.2. The van der Waals surface area contributed by atoms with E-state index in [1.165, 1.54) is 0 Å². The number of hydrogen-bond donors (Lipinski definition) is 1. The highest BCUT2D eigenvalue weighted by molar-refractivity contribution is 8.00. The second-order valence-electron chi connectivity index (χ2n) is 6.13. The molecular formula is C15H25N3O2S. The van der Waals surface area contributed by atoms with E-state index in [4.69, 9.17) is 4.52 Å². The first-order valence-corrected chi connectivity index (χ1v) is 8.62. The van der Waals surface area contributed by atoms with E-state index in [0.717, 1.165) is 24.5 Å². The number of urea groups is 1. The number of carbonyl (C=O) groups excluding carboxylic acids is 1. The molecule has 0 bridgehead atoms. The van der Waals surface area contributed by atoms with Crippen LogP contribution in [0.2, 0.25) is 0 Å². The predicted octanol–water partition coefficient (Wildman–Crippen LogP) is 3.08. The van der Waals surface area contributed by atoms with Crippen LogP contribution in [0.1, 0.15) is 45.1 Å². The highest BCUT2D eigenvalue weighted by Gasteiger charge is 2.26. The van der Waals surface area contributed by atoms with Crippen LogP contribution < -0.4 is 5.32 Å². The predicted molar refractivity (Wildman–Crippen MR) is 85.5 cm³/mol. The molecule has 2 heterocycles. The lowest BCUT2D eigenvalue weighted by Gasteiger charge is -2.34. The Labute approximate surface area is 130 Å². The van der Waals surface area contributed by atoms with Crippen LogP contribution in [0, 0.1) is 5.92 Å². The molecule has 0 saturated carbocycles. The van der Waals surface area contributed by atoms with Gasteiger partial charge in [-0.1, -0.05) is 32.9 Å². The van der Waals surface area contributed by atoms with E-state index in [0.29, 0.717) is 29.4 Å². The van der Waals surface area contributed by atoms with E-state index in [9.17, 15) is 4.79 Å². The van der Waals surface area contributed by atoms with Crippen LogP contribution in [0.3, 0.4) is 0 Å². The minimum absolute atomic E-state index is 0.0107. The van der Waals surface area contributed by atoms with Gasteiger partial charge in [-0.05, 0) is 11.8 Å². The minimum atomic E-state index is -0.0107. The second-order valence-corrected chi connectivity index (χ2v) is 7.48. The zero-order chi connectivity index (χ0) is 15.4. The van der Waals surface area contributed by atoms with Crippen molar-refractivity contribution in [3.63, 3.8) is 0 Å². The first-order chi connectivity index (χ1) is 9.97. The molecule has 0 aromatic carbocycles. The first kappa shape index (κ1) is 16.2. The fraction of sp³-hybridized carbons (Fsp3) is 0.733. The van der Waals surface area contributed by atoms with Gasteiger partial charge < -0.3 is 14.7 Å². The monoisotopic (exact) mass is 311 g/mol. The fourth-order valence-corrected chi connectivity index (χ4v) is 3.52. The molecule has 1 aliphatic heterocycles. The lowest BCUT2D eigenvalue weighted by Crippen LogP contribution is -2.47. The highest BCUT2D eigenvalue weighted by Crippen LogP contribution is 2.24. The van der Waals surface area contributed by atoms with Crippen molar-refractivity contribution in [3.8, 4) is 0 Å². The SMILES string of the molecule is CC(C)c1cc(CNC(=O)N2CCS[C@@H](C(C)C)C2)on1. The molecule has 0 aliphatic carbocycles. The summed E-state index contributed by atoms with van der Waals surface area (Å²) in [5.74, 6) is 2.65. The Morgan fingerprint density at radius 1 is 1.52 bits per heavy atom. The Kier molecular flexibility index (Phi) is 5.56. The fourth-order valence-electron chi connectivity index (χ4n) is 2.22. The molecule has 1 N–H and O–H groups in total. The molecule has 1 aromatic heterocycles. The Bertz CT molecular complexity index is 473. The van der Waals surface area contributed by atoms with E-state index in [-0.39, 0.29) is 6.03 Å². The van der Waals surface area contributed by atoms with Gasteiger partial charge in [-0.2, -0.15) is 11.8 Å². The molecule has 1 aliphatic rings. The zero-order valence-electron chi connectivity index (χ0n) is 13.3. The van der Waals surface area contributed by atoms with Gasteiger partial charge in [-0.3, -0.25) is 0 Å². The number of carbonyl (C=O) groups is 1. The van der Waals surface area contributed by atoms with Crippen molar-refractivity contribution in [2.75, 3.05) is 18.8 Å². The van der Waals surface area contributed by atoms with Crippen molar-refractivity contribution in [3.05, 3.63) is 17.5 Å². The van der Waals surface area contributed by atoms with Gasteiger partial charge in [0.1, 0.15) is 0 Å². The number of nitrogens with one attached hydrogen (secondary N) is 1. The largest absolute Gasteiger partial charge is 0.359 e. The first-order valence-electron chi connectivity index (χ1n) is 7.57. The summed E-state index contributed by atoms with van der Waals surface area (Å²) in [6.07, 6.45) is 0. The van der Waals surface area contributed by atoms with Gasteiger partial charge >= 0.3 is 6.03 Å². The van der Waals surface area contributed by atoms with Gasteiger partial charge in [-0.25, -0.2) is 4.79 Å². The normalized spacial score (nSPS) is 19.3. The maximum atomic E-state index is 12.2. The molecule has 1 saturated heterocycles. The van der Waals surface area contributed by atoms with Crippen LogP contribution in [0.5, 0.6) is 0 Å². The molecule has 21 heavy (non-hydrogen) atoms. The standard InChI is InChI=1S/C15H25N3O2S/c1-10(2)13-7-12(20-17-13)8-16-15(19)18-5-6-21-14(9-18)11(3)4/h7,10-11,14H,5-6,8-9H2,1-4H3,(H,16,19)/t14-/m1/s1. The van der Waals surface area contributed by atoms with Gasteiger partial charge in [0.25, 0.3) is 0 Å². The number of thioether (sulfide) groups is 1. The molecule has 6 heteroatoms. The molecule has 5 nitrogen and oxygen atoms in total. The molecule has 0 spiro atoms. The van der Waals surface area contributed by atoms with E-state index < -0.39 is 0 Å². The van der Waals surface area contributed by atoms with Crippen LogP contribution in [-0.4, -0.2) is 40.2 Å². The van der Waals surface area contributed by atoms with Gasteiger partial charge in [-0.15, -0.1) is 0 Å². The van der Waals surface area contributed by atoms with Crippen molar-refractivity contribution in [1.82, 2.24) is 15.4 Å². The molecule has 1 atom stereocenters. The lowest BCUT2D eigenvalue weighted by atomic mass is 10.1. The summed E-state index contributed by atoms with van der Waals surface area (Å²) >= 11 is 1.96. The summed E-state index contributed by atoms with van der Waals surface area (Å²) in [7, 11) is 0. The number of hydrogen-bond acceptors (Lipinski definition) is 4. The van der Waals surface area contributed by atoms with Crippen LogP contribution in [0.4, 0.5) is 4.79 Å². The third-order valence-electron chi connectivity index (χ3n) is 3.71. The van der Waals surface area contributed by atoms with E-state index in [1.54, 1.807) is 0 Å². The molecule has 118 valence electrons. The lowest BCUT2D eigenvalue weighted by molar-refractivity contribution is 0.195. The Balaban J connectivity index is 1.83. The molecule has 1 fully saturated rings. The van der Waals surface area contributed by atoms with E-state index >= 15 is 0 Å². The van der Waals surface area contributed by atoms with Crippen molar-refractivity contribution >= 4 is 17.8 Å². The average Bonchev–Trinajstić information content (AvgIpc) is 2.94. The van der Waals surface area contributed by atoms with Crippen molar-refractivity contribution in [2.24, 2.45) is 5.92 Å². The summed E-state index contributed by atoms with van der Waals surface area (Å²) in [5.41, 5.74) is 0.925. The van der Waals surface area contributed by atoms with Gasteiger partial charge in [0, 0.05) is 30.2 Å². The van der Waals surface area contributed by atoms with Crippen LogP contribution in [0.25, 0.3) is 0 Å². The highest BCUT2D eigenvalue weighted by atomic mass is 32.2. The van der Waals surface area contributed by atoms with Crippen LogP contribution in [0.15, 0.2) is 10.6 Å². The number of rotatable bonds is 4. The summed E-state index contributed by atoms with van der Waals surface area (Å²) in [5, 5.41) is 7.45. The molecule has 2 rings (SSSR count). The van der Waals surface area contributed by atoms with Crippen molar-refractivity contribution in [1.29, 1.82) is 0 Å². The summed E-state index contributed by atoms with van der Waals surface area (Å²) in [6.45, 7) is 10.6. The van der Waals surface area contributed by atoms with Crippen LogP contribution >= 0.6 is 11.8 Å². The number of amides is 2. The molecule has 0 unspecified atom stereocenters. The zero-order valence-corrected chi connectivity index (χ0v) is 14.1. The number of nitrogens with zero attached hydrogens (tertiary/aromatic N) is 2. The Morgan fingerprint density at radius 2 is 2.29 bits per heavy atom. The smallest absolute Gasteiger partial charge is 0.317 e. The summed E-state index contributed by atoms with van der Waals surface area (Å²) in [4.78, 5) is 14.1. The molecular weight excluding hydrogens is 286 g/mol. The van der Waals surface area contributed by atoms with Crippen molar-refractivity contribution in [2.45, 2.75) is 45.4 Å². The third-order valence-corrected chi connectivity index (χ3v) is 5.25. The maximum Gasteiger partial charge on any atom is 0.317 e. The Morgan fingerprint density at radius 3 is 2.90 bits per heavy atom. The molecule has 0 radical (unpaired) electrons. The van der Waals surface area contributed by atoms with Crippen molar-refractivity contribution < 1.29 is 9.32 Å². The third kappa shape index (κ3) is 4.40. The van der Waals surface area contributed by atoms with Crippen LogP contribution in [-0.2, 0) is 6.54 Å². The van der Waals surface area contributed by atoms with Gasteiger partial charge in [0.2, 0.25) is 0 Å². The van der Waals surface area contributed by atoms with E-state index in [2.05, 4.69) is 38.2 Å². The summed E-state index contributed by atoms with van der Waals surface area (Å²) in [6, 6.07) is 1.90. The van der Waals surface area contributed by atoms with E-state index in [1.807, 2.05) is 22.7 Å². The quantitative estimate of drug-likeness (QED) is 0.928. The Hall–Kier alpha value is -1.17. The molecule has 1 aromatic rings. The van der Waals surface area contributed by atoms with Gasteiger partial charge in [0.15, 0.2) is 5.76 Å². The summed E-state index contributed by atoms with van der Waals surface area (Å²) < 4.78 is 5.24. The second kappa shape index (κ2) is 7.20. The van der Waals surface area contributed by atoms with Gasteiger partial charge in [0.05, 0.1) is 12.2 Å². The minimum Gasteiger partial charge on any atom is -0.359 e. The average molecular weight is 311 g/mol.